The topological polar surface area (TPSA) is 122 Å². The van der Waals surface area contributed by atoms with Gasteiger partial charge in [-0.05, 0) is 52.8 Å². The van der Waals surface area contributed by atoms with Crippen LogP contribution < -0.4 is 9.80 Å². The van der Waals surface area contributed by atoms with Crippen molar-refractivity contribution in [2.75, 3.05) is 29.4 Å². The van der Waals surface area contributed by atoms with Crippen LogP contribution in [0.5, 0.6) is 0 Å². The van der Waals surface area contributed by atoms with E-state index in [0.717, 1.165) is 21.1 Å². The molecule has 0 aromatic carbocycles. The molecule has 3 aromatic heterocycles. The normalized spacial score (nSPS) is 15.9. The summed E-state index contributed by atoms with van der Waals surface area (Å²) in [4.78, 5) is 52.6. The van der Waals surface area contributed by atoms with E-state index in [1.807, 2.05) is 19.9 Å². The molecule has 0 radical (unpaired) electrons. The summed E-state index contributed by atoms with van der Waals surface area (Å²) in [5.74, 6) is 0.248. The van der Waals surface area contributed by atoms with Crippen LogP contribution in [-0.4, -0.2) is 68.2 Å². The Bertz CT molecular complexity index is 1400. The minimum Gasteiger partial charge on any atom is -0.444 e. The molecule has 0 spiro atoms. The molecule has 0 unspecified atom stereocenters. The van der Waals surface area contributed by atoms with Gasteiger partial charge in [0.25, 0.3) is 5.91 Å². The molecule has 2 aliphatic heterocycles. The van der Waals surface area contributed by atoms with Gasteiger partial charge in [0.1, 0.15) is 12.1 Å². The number of amides is 3. The number of aryl methyl sites for hydroxylation is 2. The van der Waals surface area contributed by atoms with E-state index in [1.165, 1.54) is 14.7 Å². The Morgan fingerprint density at radius 1 is 1.03 bits per heavy atom. The first-order valence-electron chi connectivity index (χ1n) is 11.9. The Hall–Kier alpha value is -3.93. The second-order valence-corrected chi connectivity index (χ2v) is 11.2. The standard InChI is InChI=1S/C25H27N7O4S/c1-14-22(37-15(2)27-14)16-10-17-18(26-11-16)12-32(23(17)34)20-7-6-19(28-29-20)31-9-8-30(13-21(31)33)24(35)36-25(3,4)5/h6-7,10-11H,8-9,12-13H2,1-5H3. The van der Waals surface area contributed by atoms with Crippen LogP contribution in [0.25, 0.3) is 10.4 Å². The van der Waals surface area contributed by atoms with Crippen molar-refractivity contribution in [2.45, 2.75) is 46.8 Å². The lowest BCUT2D eigenvalue weighted by Crippen LogP contribution is -2.53. The second-order valence-electron chi connectivity index (χ2n) is 9.95. The predicted molar refractivity (Wildman–Crippen MR) is 138 cm³/mol. The number of anilines is 2. The Kier molecular flexibility index (Phi) is 6.14. The van der Waals surface area contributed by atoms with Gasteiger partial charge in [0, 0.05) is 24.8 Å². The molecule has 1 fully saturated rings. The zero-order valence-electron chi connectivity index (χ0n) is 21.3. The summed E-state index contributed by atoms with van der Waals surface area (Å²) in [6, 6.07) is 5.18. The van der Waals surface area contributed by atoms with Crippen LogP contribution in [0.4, 0.5) is 16.4 Å². The van der Waals surface area contributed by atoms with Crippen LogP contribution in [0.1, 0.15) is 47.5 Å². The number of pyridine rings is 1. The monoisotopic (exact) mass is 521 g/mol. The number of aromatic nitrogens is 4. The lowest BCUT2D eigenvalue weighted by atomic mass is 10.1. The van der Waals surface area contributed by atoms with E-state index in [1.54, 1.807) is 50.4 Å². The number of thiazole rings is 1. The van der Waals surface area contributed by atoms with Crippen LogP contribution in [0.2, 0.25) is 0 Å². The number of carbonyl (C=O) groups is 3. The summed E-state index contributed by atoms with van der Waals surface area (Å²) in [6.07, 6.45) is 1.25. The third-order valence-corrected chi connectivity index (χ3v) is 7.10. The Morgan fingerprint density at radius 3 is 2.32 bits per heavy atom. The zero-order chi connectivity index (χ0) is 26.5. The predicted octanol–water partition coefficient (Wildman–Crippen LogP) is 3.36. The smallest absolute Gasteiger partial charge is 0.410 e. The molecule has 0 atom stereocenters. The molecule has 2 aliphatic rings. The molecule has 5 rings (SSSR count). The van der Waals surface area contributed by atoms with Gasteiger partial charge < -0.3 is 4.74 Å². The minimum absolute atomic E-state index is 0.106. The maximum atomic E-state index is 13.2. The highest BCUT2D eigenvalue weighted by atomic mass is 32.1. The number of piperazine rings is 1. The first kappa shape index (κ1) is 24.8. The zero-order valence-corrected chi connectivity index (χ0v) is 22.1. The SMILES string of the molecule is Cc1nc(C)c(-c2cnc3c(c2)C(=O)N(c2ccc(N4CCN(C(=O)OC(C)(C)C)CC4=O)nn2)C3)s1. The summed E-state index contributed by atoms with van der Waals surface area (Å²) in [6.45, 7) is 10.00. The number of hydrogen-bond donors (Lipinski definition) is 0. The van der Waals surface area contributed by atoms with Gasteiger partial charge >= 0.3 is 6.09 Å². The highest BCUT2D eigenvalue weighted by Crippen LogP contribution is 2.33. The van der Waals surface area contributed by atoms with Gasteiger partial charge in [-0.3, -0.25) is 29.3 Å². The van der Waals surface area contributed by atoms with Crippen molar-refractivity contribution in [2.24, 2.45) is 0 Å². The molecule has 0 N–H and O–H groups in total. The molecule has 37 heavy (non-hydrogen) atoms. The van der Waals surface area contributed by atoms with E-state index in [4.69, 9.17) is 4.74 Å². The van der Waals surface area contributed by atoms with E-state index in [0.29, 0.717) is 29.4 Å². The molecule has 5 heterocycles. The number of carbonyl (C=O) groups excluding carboxylic acids is 3. The van der Waals surface area contributed by atoms with Crippen LogP contribution in [-0.2, 0) is 16.1 Å². The number of rotatable bonds is 3. The van der Waals surface area contributed by atoms with Gasteiger partial charge in [0.05, 0.1) is 33.4 Å². The minimum atomic E-state index is -0.637. The molecular weight excluding hydrogens is 494 g/mol. The van der Waals surface area contributed by atoms with Gasteiger partial charge in [0.15, 0.2) is 11.6 Å². The number of ether oxygens (including phenoxy) is 1. The fraction of sp³-hybridized carbons (Fsp3) is 0.400. The van der Waals surface area contributed by atoms with Crippen molar-refractivity contribution in [1.82, 2.24) is 25.1 Å². The van der Waals surface area contributed by atoms with E-state index in [2.05, 4.69) is 20.2 Å². The lowest BCUT2D eigenvalue weighted by Gasteiger charge is -2.34. The van der Waals surface area contributed by atoms with Gasteiger partial charge in [-0.2, -0.15) is 0 Å². The fourth-order valence-electron chi connectivity index (χ4n) is 4.28. The van der Waals surface area contributed by atoms with Crippen molar-refractivity contribution in [3.63, 3.8) is 0 Å². The maximum absolute atomic E-state index is 13.2. The molecule has 0 aliphatic carbocycles. The Labute approximate surface area is 218 Å². The number of fused-ring (bicyclic) bond motifs is 1. The summed E-state index contributed by atoms with van der Waals surface area (Å²) in [5, 5.41) is 9.39. The van der Waals surface area contributed by atoms with Crippen molar-refractivity contribution >= 4 is 40.9 Å². The molecule has 11 nitrogen and oxygen atoms in total. The van der Waals surface area contributed by atoms with Gasteiger partial charge in [0.2, 0.25) is 5.91 Å². The number of nitrogens with zero attached hydrogens (tertiary/aromatic N) is 7. The van der Waals surface area contributed by atoms with Crippen molar-refractivity contribution in [1.29, 1.82) is 0 Å². The largest absolute Gasteiger partial charge is 0.444 e. The third kappa shape index (κ3) is 4.88. The van der Waals surface area contributed by atoms with Crippen LogP contribution in [0.3, 0.4) is 0 Å². The summed E-state index contributed by atoms with van der Waals surface area (Å²) in [5.41, 5.74) is 2.34. The van der Waals surface area contributed by atoms with Crippen molar-refractivity contribution < 1.29 is 19.1 Å². The van der Waals surface area contributed by atoms with Crippen LogP contribution >= 0.6 is 11.3 Å². The van der Waals surface area contributed by atoms with E-state index in [-0.39, 0.29) is 31.4 Å². The summed E-state index contributed by atoms with van der Waals surface area (Å²) >= 11 is 1.57. The molecule has 0 saturated carbocycles. The van der Waals surface area contributed by atoms with E-state index in [9.17, 15) is 14.4 Å². The molecule has 12 heteroatoms. The molecule has 0 bridgehead atoms. The Balaban J connectivity index is 1.28. The maximum Gasteiger partial charge on any atom is 0.410 e. The highest BCUT2D eigenvalue weighted by molar-refractivity contribution is 7.15. The van der Waals surface area contributed by atoms with Crippen LogP contribution in [0.15, 0.2) is 24.4 Å². The first-order chi connectivity index (χ1) is 17.5. The number of hydrogen-bond acceptors (Lipinski definition) is 9. The summed E-state index contributed by atoms with van der Waals surface area (Å²) < 4.78 is 5.36. The van der Waals surface area contributed by atoms with Gasteiger partial charge in [-0.1, -0.05) is 0 Å². The van der Waals surface area contributed by atoms with Crippen LogP contribution in [0, 0.1) is 13.8 Å². The molecule has 3 amide bonds. The van der Waals surface area contributed by atoms with Crippen molar-refractivity contribution in [3.05, 3.63) is 46.4 Å². The quantitative estimate of drug-likeness (QED) is 0.514. The van der Waals surface area contributed by atoms with E-state index >= 15 is 0 Å². The first-order valence-corrected chi connectivity index (χ1v) is 12.7. The Morgan fingerprint density at radius 2 is 1.73 bits per heavy atom. The molecule has 3 aromatic rings. The highest BCUT2D eigenvalue weighted by Gasteiger charge is 2.34. The lowest BCUT2D eigenvalue weighted by molar-refractivity contribution is -0.121. The average Bonchev–Trinajstić information content (AvgIpc) is 3.35. The molecular formula is C25H27N7O4S. The summed E-state index contributed by atoms with van der Waals surface area (Å²) in [7, 11) is 0. The second kappa shape index (κ2) is 9.18. The molecule has 192 valence electrons. The van der Waals surface area contributed by atoms with Gasteiger partial charge in [-0.15, -0.1) is 21.5 Å². The van der Waals surface area contributed by atoms with Gasteiger partial charge in [-0.25, -0.2) is 9.78 Å². The van der Waals surface area contributed by atoms with Crippen molar-refractivity contribution in [3.8, 4) is 10.4 Å². The van der Waals surface area contributed by atoms with E-state index < -0.39 is 11.7 Å². The molecule has 1 saturated heterocycles. The third-order valence-electron chi connectivity index (χ3n) is 5.98. The fourth-order valence-corrected chi connectivity index (χ4v) is 5.18. The average molecular weight is 522 g/mol.